The van der Waals surface area contributed by atoms with E-state index in [0.717, 1.165) is 16.3 Å². The van der Waals surface area contributed by atoms with Gasteiger partial charge < -0.3 is 31.9 Å². The van der Waals surface area contributed by atoms with Crippen molar-refractivity contribution in [2.45, 2.75) is 31.7 Å². The van der Waals surface area contributed by atoms with Crippen molar-refractivity contribution >= 4 is 34.2 Å². The van der Waals surface area contributed by atoms with E-state index in [9.17, 15) is 19.5 Å². The molecule has 3 rings (SSSR count). The summed E-state index contributed by atoms with van der Waals surface area (Å²) >= 11 is 0. The number of hydrogen-bond donors (Lipinski definition) is 5. The molecule has 0 saturated heterocycles. The van der Waals surface area contributed by atoms with Crippen LogP contribution >= 0.6 is 0 Å². The second-order valence-electron chi connectivity index (χ2n) is 8.21. The Labute approximate surface area is 203 Å². The van der Waals surface area contributed by atoms with Gasteiger partial charge in [0.15, 0.2) is 0 Å². The van der Waals surface area contributed by atoms with E-state index < -0.39 is 24.3 Å². The van der Waals surface area contributed by atoms with Crippen molar-refractivity contribution in [2.24, 2.45) is 11.5 Å². The van der Waals surface area contributed by atoms with E-state index in [0.29, 0.717) is 43.9 Å². The SMILES string of the molecule is NC(=O)CC(=O)Nc1cc2ccccc2cc1OCCCCNC(=O)C(N)Cc1ccc(O)cc1. The maximum atomic E-state index is 12.2. The number of aromatic hydroxyl groups is 1. The summed E-state index contributed by atoms with van der Waals surface area (Å²) in [5, 5.41) is 16.7. The van der Waals surface area contributed by atoms with Crippen molar-refractivity contribution in [1.29, 1.82) is 0 Å². The average Bonchev–Trinajstić information content (AvgIpc) is 2.82. The second kappa shape index (κ2) is 12.4. The average molecular weight is 479 g/mol. The first kappa shape index (κ1) is 25.5. The Bertz CT molecular complexity index is 1180. The number of ether oxygens (including phenoxy) is 1. The standard InChI is InChI=1S/C26H30N4O5/c27-21(13-17-7-9-20(31)10-8-17)26(34)29-11-3-4-12-35-23-15-19-6-2-1-5-18(19)14-22(23)30-25(33)16-24(28)32/h1-2,5-10,14-15,21,31H,3-4,11-13,16,27H2,(H2,28,32)(H,29,34)(H,30,33). The zero-order valence-electron chi connectivity index (χ0n) is 19.3. The Hall–Kier alpha value is -4.11. The van der Waals surface area contributed by atoms with Gasteiger partial charge in [-0.2, -0.15) is 0 Å². The summed E-state index contributed by atoms with van der Waals surface area (Å²) in [4.78, 5) is 35.3. The molecular weight excluding hydrogens is 448 g/mol. The zero-order chi connectivity index (χ0) is 25.2. The van der Waals surface area contributed by atoms with Crippen molar-refractivity contribution in [1.82, 2.24) is 5.32 Å². The molecule has 0 bridgehead atoms. The van der Waals surface area contributed by atoms with E-state index in [1.165, 1.54) is 0 Å². The van der Waals surface area contributed by atoms with E-state index in [4.69, 9.17) is 16.2 Å². The molecule has 1 unspecified atom stereocenters. The monoisotopic (exact) mass is 478 g/mol. The Morgan fingerprint density at radius 1 is 0.971 bits per heavy atom. The van der Waals surface area contributed by atoms with Gasteiger partial charge in [-0.3, -0.25) is 14.4 Å². The number of nitrogens with two attached hydrogens (primary N) is 2. The Morgan fingerprint density at radius 2 is 1.66 bits per heavy atom. The lowest BCUT2D eigenvalue weighted by Crippen LogP contribution is -2.42. The molecule has 3 aromatic carbocycles. The van der Waals surface area contributed by atoms with Crippen molar-refractivity contribution in [2.75, 3.05) is 18.5 Å². The fourth-order valence-electron chi connectivity index (χ4n) is 3.52. The number of rotatable bonds is 12. The molecule has 0 radical (unpaired) electrons. The Kier molecular flexibility index (Phi) is 9.02. The number of benzene rings is 3. The van der Waals surface area contributed by atoms with Gasteiger partial charge in [-0.25, -0.2) is 0 Å². The van der Waals surface area contributed by atoms with Crippen LogP contribution in [0.3, 0.4) is 0 Å². The normalized spacial score (nSPS) is 11.6. The van der Waals surface area contributed by atoms with Crippen LogP contribution < -0.4 is 26.8 Å². The number of primary amides is 1. The highest BCUT2D eigenvalue weighted by molar-refractivity contribution is 6.05. The smallest absolute Gasteiger partial charge is 0.237 e. The molecule has 0 aliphatic heterocycles. The lowest BCUT2D eigenvalue weighted by Gasteiger charge is -2.15. The minimum absolute atomic E-state index is 0.165. The van der Waals surface area contributed by atoms with Crippen LogP contribution in [0.2, 0.25) is 0 Å². The lowest BCUT2D eigenvalue weighted by molar-refractivity contribution is -0.125. The highest BCUT2D eigenvalue weighted by atomic mass is 16.5. The number of phenolic OH excluding ortho intramolecular Hbond substituents is 1. The van der Waals surface area contributed by atoms with Crippen LogP contribution in [0.5, 0.6) is 11.5 Å². The molecule has 0 spiro atoms. The van der Waals surface area contributed by atoms with Crippen LogP contribution in [-0.2, 0) is 20.8 Å². The van der Waals surface area contributed by atoms with Crippen molar-refractivity contribution < 1.29 is 24.2 Å². The molecule has 7 N–H and O–H groups in total. The quantitative estimate of drug-likeness (QED) is 0.198. The topological polar surface area (TPSA) is 157 Å². The van der Waals surface area contributed by atoms with Crippen LogP contribution in [0.25, 0.3) is 10.8 Å². The molecule has 9 heteroatoms. The number of unbranched alkanes of at least 4 members (excludes halogenated alkanes) is 1. The molecule has 0 fully saturated rings. The fraction of sp³-hybridized carbons (Fsp3) is 0.269. The second-order valence-corrected chi connectivity index (χ2v) is 8.21. The third-order valence-corrected chi connectivity index (χ3v) is 5.31. The number of carbonyl (C=O) groups excluding carboxylic acids is 3. The van der Waals surface area contributed by atoms with Gasteiger partial charge in [0.05, 0.1) is 18.3 Å². The van der Waals surface area contributed by atoms with E-state index in [2.05, 4.69) is 10.6 Å². The summed E-state index contributed by atoms with van der Waals surface area (Å²) < 4.78 is 5.91. The molecule has 0 heterocycles. The number of hydrogen-bond acceptors (Lipinski definition) is 6. The number of phenols is 1. The summed E-state index contributed by atoms with van der Waals surface area (Å²) in [5.74, 6) is -0.813. The van der Waals surface area contributed by atoms with Gasteiger partial charge in [0.25, 0.3) is 0 Å². The molecular formula is C26H30N4O5. The molecule has 184 valence electrons. The van der Waals surface area contributed by atoms with Gasteiger partial charge in [-0.05, 0) is 59.9 Å². The molecule has 3 aromatic rings. The molecule has 35 heavy (non-hydrogen) atoms. The highest BCUT2D eigenvalue weighted by Crippen LogP contribution is 2.31. The van der Waals surface area contributed by atoms with Crippen molar-refractivity contribution in [3.8, 4) is 11.5 Å². The van der Waals surface area contributed by atoms with E-state index in [1.807, 2.05) is 30.3 Å². The van der Waals surface area contributed by atoms with Crippen LogP contribution in [-0.4, -0.2) is 42.0 Å². The first-order valence-electron chi connectivity index (χ1n) is 11.4. The number of fused-ring (bicyclic) bond motifs is 1. The van der Waals surface area contributed by atoms with Crippen LogP contribution in [0.4, 0.5) is 5.69 Å². The first-order valence-corrected chi connectivity index (χ1v) is 11.4. The van der Waals surface area contributed by atoms with Gasteiger partial charge in [0.1, 0.15) is 17.9 Å². The van der Waals surface area contributed by atoms with E-state index in [-0.39, 0.29) is 11.7 Å². The summed E-state index contributed by atoms with van der Waals surface area (Å²) in [7, 11) is 0. The van der Waals surface area contributed by atoms with Crippen LogP contribution in [0.15, 0.2) is 60.7 Å². The number of amides is 3. The maximum Gasteiger partial charge on any atom is 0.237 e. The molecule has 0 saturated carbocycles. The molecule has 0 aromatic heterocycles. The van der Waals surface area contributed by atoms with Gasteiger partial charge in [-0.15, -0.1) is 0 Å². The summed E-state index contributed by atoms with van der Waals surface area (Å²) in [5.41, 5.74) is 12.4. The van der Waals surface area contributed by atoms with Crippen molar-refractivity contribution in [3.05, 3.63) is 66.2 Å². The minimum atomic E-state index is -0.712. The summed E-state index contributed by atoms with van der Waals surface area (Å²) in [6, 6.07) is 17.2. The predicted octanol–water partition coefficient (Wildman–Crippen LogP) is 2.20. The van der Waals surface area contributed by atoms with E-state index in [1.54, 1.807) is 30.3 Å². The van der Waals surface area contributed by atoms with Crippen LogP contribution in [0.1, 0.15) is 24.8 Å². The molecule has 3 amide bonds. The Morgan fingerprint density at radius 3 is 2.34 bits per heavy atom. The Balaban J connectivity index is 1.47. The van der Waals surface area contributed by atoms with Gasteiger partial charge in [0.2, 0.25) is 17.7 Å². The first-order chi connectivity index (χ1) is 16.8. The number of nitrogens with one attached hydrogen (secondary N) is 2. The van der Waals surface area contributed by atoms with Gasteiger partial charge >= 0.3 is 0 Å². The number of carbonyl (C=O) groups is 3. The van der Waals surface area contributed by atoms with Gasteiger partial charge in [-0.1, -0.05) is 36.4 Å². The largest absolute Gasteiger partial charge is 0.508 e. The summed E-state index contributed by atoms with van der Waals surface area (Å²) in [6.07, 6.45) is 1.30. The third-order valence-electron chi connectivity index (χ3n) is 5.31. The molecule has 0 aliphatic carbocycles. The zero-order valence-corrected chi connectivity index (χ0v) is 19.3. The minimum Gasteiger partial charge on any atom is -0.508 e. The maximum absolute atomic E-state index is 12.2. The molecule has 9 nitrogen and oxygen atoms in total. The fourth-order valence-corrected chi connectivity index (χ4v) is 3.52. The molecule has 0 aliphatic rings. The highest BCUT2D eigenvalue weighted by Gasteiger charge is 2.14. The van der Waals surface area contributed by atoms with Crippen molar-refractivity contribution in [3.63, 3.8) is 0 Å². The van der Waals surface area contributed by atoms with Gasteiger partial charge in [0, 0.05) is 6.54 Å². The van der Waals surface area contributed by atoms with E-state index >= 15 is 0 Å². The molecule has 1 atom stereocenters. The number of anilines is 1. The third kappa shape index (κ3) is 8.01. The predicted molar refractivity (Wildman–Crippen MR) is 134 cm³/mol. The lowest BCUT2D eigenvalue weighted by atomic mass is 10.1. The van der Waals surface area contributed by atoms with Crippen LogP contribution in [0, 0.1) is 0 Å². The summed E-state index contributed by atoms with van der Waals surface area (Å²) in [6.45, 7) is 0.817.